The van der Waals surface area contributed by atoms with E-state index in [9.17, 15) is 4.79 Å². The van der Waals surface area contributed by atoms with Crippen LogP contribution in [0.5, 0.6) is 5.75 Å². The van der Waals surface area contributed by atoms with Gasteiger partial charge in [0, 0.05) is 0 Å². The minimum atomic E-state index is -1.86. The number of carbonyl (C=O) groups is 1. The van der Waals surface area contributed by atoms with Crippen LogP contribution < -0.4 is 4.43 Å². The second kappa shape index (κ2) is 6.76. The normalized spacial score (nSPS) is 13.7. The van der Waals surface area contributed by atoms with Crippen LogP contribution in [0.15, 0.2) is 24.3 Å². The van der Waals surface area contributed by atoms with Crippen LogP contribution in [0.4, 0.5) is 0 Å². The maximum absolute atomic E-state index is 12.0. The first-order valence-electron chi connectivity index (χ1n) is 7.06. The molecule has 0 unspecified atom stereocenters. The number of benzene rings is 1. The van der Waals surface area contributed by atoms with Crippen molar-refractivity contribution in [3.8, 4) is 5.75 Å². The van der Waals surface area contributed by atoms with Gasteiger partial charge in [-0.15, -0.1) is 0 Å². The highest BCUT2D eigenvalue weighted by molar-refractivity contribution is 6.70. The third-order valence-electron chi connectivity index (χ3n) is 2.49. The predicted octanol–water partition coefficient (Wildman–Crippen LogP) is 3.97. The Morgan fingerprint density at radius 1 is 0.952 bits per heavy atom. The molecule has 0 N–H and O–H groups in total. The lowest BCUT2D eigenvalue weighted by Crippen LogP contribution is -2.32. The second-order valence-electron chi connectivity index (χ2n) is 6.92. The van der Waals surface area contributed by atoms with Crippen LogP contribution in [0.1, 0.15) is 11.7 Å². The van der Waals surface area contributed by atoms with Crippen molar-refractivity contribution >= 4 is 22.6 Å². The molecule has 0 heterocycles. The summed E-state index contributed by atoms with van der Waals surface area (Å²) in [6.07, 6.45) is -0.664. The molecule has 0 aliphatic carbocycles. The van der Waals surface area contributed by atoms with Crippen molar-refractivity contribution in [2.24, 2.45) is 0 Å². The average Bonchev–Trinajstić information content (AvgIpc) is 2.33. The Morgan fingerprint density at radius 2 is 1.48 bits per heavy atom. The average molecular weight is 327 g/mol. The molecule has 0 saturated heterocycles. The molecule has 0 aromatic heterocycles. The van der Waals surface area contributed by atoms with Gasteiger partial charge in [0.25, 0.3) is 0 Å². The number of hydrogen-bond donors (Lipinski definition) is 0. The van der Waals surface area contributed by atoms with E-state index in [2.05, 4.69) is 19.6 Å². The molecular weight excluding hydrogens is 300 g/mol. The third-order valence-corrected chi connectivity index (χ3v) is 4.28. The largest absolute Gasteiger partial charge is 0.544 e. The smallest absolute Gasteiger partial charge is 0.338 e. The monoisotopic (exact) mass is 326 g/mol. The topological polar surface area (TPSA) is 44.8 Å². The fraction of sp³-hybridized carbons (Fsp3) is 0.533. The Hall–Kier alpha value is -1.12. The van der Waals surface area contributed by atoms with Crippen LogP contribution in [0.25, 0.3) is 0 Å². The molecule has 0 fully saturated rings. The summed E-state index contributed by atoms with van der Waals surface area (Å²) in [5, 5.41) is 0. The number of ether oxygens (including phenoxy) is 1. The van der Waals surface area contributed by atoms with Crippen LogP contribution in [0, 0.1) is 0 Å². The van der Waals surface area contributed by atoms with Crippen LogP contribution >= 0.6 is 0 Å². The molecule has 6 heteroatoms. The van der Waals surface area contributed by atoms with E-state index in [1.807, 2.05) is 43.9 Å². The van der Waals surface area contributed by atoms with Crippen molar-refractivity contribution in [2.75, 3.05) is 7.11 Å². The summed E-state index contributed by atoms with van der Waals surface area (Å²) in [7, 11) is -2.10. The van der Waals surface area contributed by atoms with Crippen molar-refractivity contribution in [1.82, 2.24) is 0 Å². The fourth-order valence-electron chi connectivity index (χ4n) is 1.78. The summed E-state index contributed by atoms with van der Waals surface area (Å²) in [5.41, 5.74) is 0.798. The van der Waals surface area contributed by atoms with E-state index in [0.717, 1.165) is 11.3 Å². The minimum absolute atomic E-state index is 0.365. The maximum Gasteiger partial charge on any atom is 0.338 e. The van der Waals surface area contributed by atoms with E-state index in [4.69, 9.17) is 13.6 Å². The number of esters is 1. The molecule has 1 aromatic carbocycles. The Kier molecular flexibility index (Phi) is 5.78. The van der Waals surface area contributed by atoms with Crippen molar-refractivity contribution in [3.05, 3.63) is 29.8 Å². The number of rotatable bonds is 6. The van der Waals surface area contributed by atoms with Gasteiger partial charge in [-0.25, -0.2) is 4.79 Å². The summed E-state index contributed by atoms with van der Waals surface area (Å²) in [6.45, 7) is 12.5. The summed E-state index contributed by atoms with van der Waals surface area (Å²) >= 11 is 0. The van der Waals surface area contributed by atoms with Crippen molar-refractivity contribution < 1.29 is 18.4 Å². The zero-order chi connectivity index (χ0) is 16.3. The van der Waals surface area contributed by atoms with Crippen LogP contribution in [0.3, 0.4) is 0 Å². The van der Waals surface area contributed by atoms with E-state index >= 15 is 0 Å². The van der Waals surface area contributed by atoms with Gasteiger partial charge in [-0.1, -0.05) is 12.1 Å². The second-order valence-corrected chi connectivity index (χ2v) is 15.8. The molecule has 1 aromatic rings. The number of methoxy groups -OCH3 is 1. The Bertz CT molecular complexity index is 472. The molecule has 0 spiro atoms. The highest BCUT2D eigenvalue weighted by Gasteiger charge is 2.29. The van der Waals surface area contributed by atoms with Gasteiger partial charge in [0.2, 0.25) is 8.32 Å². The summed E-state index contributed by atoms with van der Waals surface area (Å²) < 4.78 is 16.7. The zero-order valence-corrected chi connectivity index (χ0v) is 16.0. The quantitative estimate of drug-likeness (QED) is 0.586. The lowest BCUT2D eigenvalue weighted by molar-refractivity contribution is -0.149. The first kappa shape index (κ1) is 17.9. The molecule has 0 saturated carbocycles. The molecule has 118 valence electrons. The lowest BCUT2D eigenvalue weighted by Gasteiger charge is -2.25. The van der Waals surface area contributed by atoms with E-state index in [0.29, 0.717) is 0 Å². The first-order valence-corrected chi connectivity index (χ1v) is 13.9. The Balaban J connectivity index is 2.96. The van der Waals surface area contributed by atoms with Crippen molar-refractivity contribution in [1.29, 1.82) is 0 Å². The highest BCUT2D eigenvalue weighted by Crippen LogP contribution is 2.26. The summed E-state index contributed by atoms with van der Waals surface area (Å²) in [6, 6.07) is 7.52. The van der Waals surface area contributed by atoms with Gasteiger partial charge < -0.3 is 13.6 Å². The molecular formula is C15H26O4Si2. The maximum atomic E-state index is 12.0. The minimum Gasteiger partial charge on any atom is -0.544 e. The standard InChI is InChI=1S/C15H26O4Si2/c1-17-15(16)14(19-21(5,6)7)12-8-10-13(11-9-12)18-20(2,3)4/h8-11,14H,1-7H3/t14-/m0/s1. The number of hydrogen-bond acceptors (Lipinski definition) is 4. The molecule has 0 amide bonds. The summed E-state index contributed by atoms with van der Waals surface area (Å²) in [4.78, 5) is 12.0. The van der Waals surface area contributed by atoms with E-state index in [-0.39, 0.29) is 5.97 Å². The lowest BCUT2D eigenvalue weighted by atomic mass is 10.1. The molecule has 1 rings (SSSR count). The van der Waals surface area contributed by atoms with Gasteiger partial charge in [0.15, 0.2) is 14.4 Å². The Morgan fingerprint density at radius 3 is 1.86 bits per heavy atom. The molecule has 4 nitrogen and oxygen atoms in total. The van der Waals surface area contributed by atoms with Gasteiger partial charge in [0.1, 0.15) is 5.75 Å². The molecule has 0 radical (unpaired) electrons. The van der Waals surface area contributed by atoms with Crippen molar-refractivity contribution in [3.63, 3.8) is 0 Å². The van der Waals surface area contributed by atoms with Gasteiger partial charge in [-0.05, 0) is 57.0 Å². The first-order chi connectivity index (χ1) is 9.52. The fourth-order valence-corrected chi connectivity index (χ4v) is 3.56. The SMILES string of the molecule is COC(=O)[C@@H](O[Si](C)(C)C)c1ccc(O[Si](C)(C)C)cc1. The Labute approximate surface area is 129 Å². The van der Waals surface area contributed by atoms with Crippen LogP contribution in [-0.2, 0) is 14.0 Å². The molecule has 0 aliphatic heterocycles. The molecule has 0 bridgehead atoms. The van der Waals surface area contributed by atoms with Gasteiger partial charge >= 0.3 is 5.97 Å². The molecule has 21 heavy (non-hydrogen) atoms. The molecule has 0 aliphatic rings. The zero-order valence-electron chi connectivity index (χ0n) is 14.0. The van der Waals surface area contributed by atoms with E-state index in [1.165, 1.54) is 7.11 Å². The highest BCUT2D eigenvalue weighted by atomic mass is 28.4. The van der Waals surface area contributed by atoms with Crippen molar-refractivity contribution in [2.45, 2.75) is 45.4 Å². The number of carbonyl (C=O) groups excluding carboxylic acids is 1. The van der Waals surface area contributed by atoms with E-state index < -0.39 is 22.7 Å². The van der Waals surface area contributed by atoms with Gasteiger partial charge in [-0.2, -0.15) is 0 Å². The van der Waals surface area contributed by atoms with Gasteiger partial charge in [0.05, 0.1) is 7.11 Å². The molecule has 1 atom stereocenters. The van der Waals surface area contributed by atoms with Crippen LogP contribution in [0.2, 0.25) is 39.3 Å². The summed E-state index contributed by atoms with van der Waals surface area (Å²) in [5.74, 6) is 0.464. The third kappa shape index (κ3) is 6.45. The predicted molar refractivity (Wildman–Crippen MR) is 89.6 cm³/mol. The van der Waals surface area contributed by atoms with Crippen LogP contribution in [-0.4, -0.2) is 29.7 Å². The van der Waals surface area contributed by atoms with Gasteiger partial charge in [-0.3, -0.25) is 0 Å². The van der Waals surface area contributed by atoms with E-state index in [1.54, 1.807) is 0 Å².